The van der Waals surface area contributed by atoms with E-state index in [9.17, 15) is 14.7 Å². The number of fused-ring (bicyclic) bond motifs is 2. The van der Waals surface area contributed by atoms with Crippen molar-refractivity contribution in [2.45, 2.75) is 20.3 Å². The summed E-state index contributed by atoms with van der Waals surface area (Å²) in [5, 5.41) is 12.7. The molecule has 0 aromatic carbocycles. The Morgan fingerprint density at radius 2 is 1.95 bits per heavy atom. The lowest BCUT2D eigenvalue weighted by molar-refractivity contribution is -0.146. The SMILES string of the molecule is Cc1nc(NC(=O)[C@H]2C3C=CC(C3)[C@H]2C(=O)O)sc1C. The van der Waals surface area contributed by atoms with Crippen molar-refractivity contribution < 1.29 is 14.7 Å². The number of aryl methyl sites for hydroxylation is 2. The first-order valence-electron chi connectivity index (χ1n) is 6.63. The van der Waals surface area contributed by atoms with Gasteiger partial charge in [-0.2, -0.15) is 0 Å². The minimum Gasteiger partial charge on any atom is -0.481 e. The Morgan fingerprint density at radius 1 is 1.30 bits per heavy atom. The molecule has 1 fully saturated rings. The van der Waals surface area contributed by atoms with Gasteiger partial charge >= 0.3 is 5.97 Å². The van der Waals surface area contributed by atoms with Gasteiger partial charge in [-0.15, -0.1) is 11.3 Å². The van der Waals surface area contributed by atoms with Crippen molar-refractivity contribution in [1.82, 2.24) is 4.98 Å². The number of nitrogens with one attached hydrogen (secondary N) is 1. The fourth-order valence-electron chi connectivity index (χ4n) is 3.23. The minimum atomic E-state index is -0.881. The summed E-state index contributed by atoms with van der Waals surface area (Å²) in [4.78, 5) is 29.1. The van der Waals surface area contributed by atoms with E-state index in [0.29, 0.717) is 5.13 Å². The van der Waals surface area contributed by atoms with Gasteiger partial charge in [-0.25, -0.2) is 4.98 Å². The molecule has 2 bridgehead atoms. The third-order valence-corrected chi connectivity index (χ3v) is 5.29. The van der Waals surface area contributed by atoms with Crippen LogP contribution in [0.25, 0.3) is 0 Å². The molecule has 1 saturated carbocycles. The van der Waals surface area contributed by atoms with Crippen LogP contribution in [0.1, 0.15) is 17.0 Å². The van der Waals surface area contributed by atoms with E-state index in [1.54, 1.807) is 0 Å². The third kappa shape index (κ3) is 2.04. The number of aromatic nitrogens is 1. The Morgan fingerprint density at radius 3 is 2.50 bits per heavy atom. The number of carbonyl (C=O) groups is 2. The van der Waals surface area contributed by atoms with Gasteiger partial charge in [-0.3, -0.25) is 9.59 Å². The molecule has 20 heavy (non-hydrogen) atoms. The smallest absolute Gasteiger partial charge is 0.307 e. The topological polar surface area (TPSA) is 79.3 Å². The van der Waals surface area contributed by atoms with E-state index in [0.717, 1.165) is 17.0 Å². The van der Waals surface area contributed by atoms with E-state index in [1.807, 2.05) is 26.0 Å². The number of allylic oxidation sites excluding steroid dienone is 2. The standard InChI is InChI=1S/C14H16N2O3S/c1-6-7(2)20-14(15-6)16-12(17)10-8-3-4-9(5-8)11(10)13(18)19/h3-4,8-11H,5H2,1-2H3,(H,18,19)(H,15,16,17)/t8?,9?,10-,11+/m0/s1. The number of rotatable bonds is 3. The zero-order chi connectivity index (χ0) is 14.4. The minimum absolute atomic E-state index is 0.00647. The van der Waals surface area contributed by atoms with Gasteiger partial charge in [0.05, 0.1) is 17.5 Å². The summed E-state index contributed by atoms with van der Waals surface area (Å²) in [6.45, 7) is 3.84. The van der Waals surface area contributed by atoms with Gasteiger partial charge in [0, 0.05) is 4.88 Å². The van der Waals surface area contributed by atoms with E-state index in [-0.39, 0.29) is 17.7 Å². The maximum absolute atomic E-state index is 12.4. The predicted octanol–water partition coefficient (Wildman–Crippen LogP) is 2.22. The molecule has 2 N–H and O–H groups in total. The molecular weight excluding hydrogens is 276 g/mol. The molecule has 106 valence electrons. The van der Waals surface area contributed by atoms with Gasteiger partial charge in [0.15, 0.2) is 5.13 Å². The number of carboxylic acids is 1. The molecular formula is C14H16N2O3S. The first-order valence-corrected chi connectivity index (χ1v) is 7.45. The highest BCUT2D eigenvalue weighted by atomic mass is 32.1. The maximum Gasteiger partial charge on any atom is 0.307 e. The molecule has 1 heterocycles. The molecule has 3 rings (SSSR count). The highest BCUT2D eigenvalue weighted by Crippen LogP contribution is 2.48. The van der Waals surface area contributed by atoms with Crippen molar-refractivity contribution in [1.29, 1.82) is 0 Å². The van der Waals surface area contributed by atoms with E-state index >= 15 is 0 Å². The monoisotopic (exact) mass is 292 g/mol. The van der Waals surface area contributed by atoms with Crippen molar-refractivity contribution in [2.75, 3.05) is 5.32 Å². The second kappa shape index (κ2) is 4.70. The van der Waals surface area contributed by atoms with E-state index in [4.69, 9.17) is 0 Å². The Labute approximate surface area is 120 Å². The zero-order valence-electron chi connectivity index (χ0n) is 11.3. The molecule has 4 atom stereocenters. The van der Waals surface area contributed by atoms with Crippen LogP contribution in [-0.4, -0.2) is 22.0 Å². The number of nitrogens with zero attached hydrogens (tertiary/aromatic N) is 1. The fraction of sp³-hybridized carbons (Fsp3) is 0.500. The highest BCUT2D eigenvalue weighted by molar-refractivity contribution is 7.15. The second-order valence-corrected chi connectivity index (χ2v) is 6.69. The molecule has 0 aliphatic heterocycles. The zero-order valence-corrected chi connectivity index (χ0v) is 12.1. The summed E-state index contributed by atoms with van der Waals surface area (Å²) in [6.07, 6.45) is 4.68. The number of amides is 1. The number of hydrogen-bond acceptors (Lipinski definition) is 4. The summed E-state index contributed by atoms with van der Waals surface area (Å²) in [5.74, 6) is -2.15. The first-order chi connectivity index (χ1) is 9.47. The molecule has 1 amide bonds. The summed E-state index contributed by atoms with van der Waals surface area (Å²) in [6, 6.07) is 0. The quantitative estimate of drug-likeness (QED) is 0.837. The van der Waals surface area contributed by atoms with Crippen LogP contribution in [0.15, 0.2) is 12.2 Å². The fourth-order valence-corrected chi connectivity index (χ4v) is 4.05. The first kappa shape index (κ1) is 13.3. The van der Waals surface area contributed by atoms with Gasteiger partial charge in [0.1, 0.15) is 0 Å². The van der Waals surface area contributed by atoms with Crippen molar-refractivity contribution in [2.24, 2.45) is 23.7 Å². The number of carboxylic acid groups (broad SMARTS) is 1. The Balaban J connectivity index is 1.79. The van der Waals surface area contributed by atoms with Crippen molar-refractivity contribution in [3.63, 3.8) is 0 Å². The molecule has 1 aromatic rings. The Hall–Kier alpha value is -1.69. The molecule has 1 aromatic heterocycles. The number of thiazole rings is 1. The van der Waals surface area contributed by atoms with Crippen LogP contribution in [-0.2, 0) is 9.59 Å². The number of anilines is 1. The van der Waals surface area contributed by atoms with Crippen molar-refractivity contribution in [3.8, 4) is 0 Å². The van der Waals surface area contributed by atoms with Gasteiger partial charge in [-0.1, -0.05) is 12.2 Å². The molecule has 5 nitrogen and oxygen atoms in total. The largest absolute Gasteiger partial charge is 0.481 e. The lowest BCUT2D eigenvalue weighted by Gasteiger charge is -2.23. The van der Waals surface area contributed by atoms with Crippen molar-refractivity contribution in [3.05, 3.63) is 22.7 Å². The summed E-state index contributed by atoms with van der Waals surface area (Å²) < 4.78 is 0. The molecule has 0 spiro atoms. The van der Waals surface area contributed by atoms with Crippen LogP contribution < -0.4 is 5.32 Å². The van der Waals surface area contributed by atoms with Gasteiger partial charge < -0.3 is 10.4 Å². The Kier molecular flexibility index (Phi) is 3.12. The van der Waals surface area contributed by atoms with Gasteiger partial charge in [-0.05, 0) is 32.1 Å². The normalized spacial score (nSPS) is 30.7. The molecule has 2 aliphatic rings. The third-order valence-electron chi connectivity index (χ3n) is 4.31. The van der Waals surface area contributed by atoms with Crippen LogP contribution >= 0.6 is 11.3 Å². The average molecular weight is 292 g/mol. The lowest BCUT2D eigenvalue weighted by Crippen LogP contribution is -2.36. The molecule has 6 heteroatoms. The second-order valence-electron chi connectivity index (χ2n) is 5.49. The molecule has 2 unspecified atom stereocenters. The van der Waals surface area contributed by atoms with Crippen LogP contribution in [0.2, 0.25) is 0 Å². The highest BCUT2D eigenvalue weighted by Gasteiger charge is 2.51. The van der Waals surface area contributed by atoms with Crippen LogP contribution in [0.3, 0.4) is 0 Å². The van der Waals surface area contributed by atoms with E-state index in [1.165, 1.54) is 11.3 Å². The van der Waals surface area contributed by atoms with Crippen LogP contribution in [0, 0.1) is 37.5 Å². The summed E-state index contributed by atoms with van der Waals surface area (Å²) >= 11 is 1.42. The molecule has 2 aliphatic carbocycles. The predicted molar refractivity (Wildman–Crippen MR) is 75.6 cm³/mol. The lowest BCUT2D eigenvalue weighted by atomic mass is 9.82. The average Bonchev–Trinajstić information content (AvgIpc) is 3.04. The van der Waals surface area contributed by atoms with E-state index < -0.39 is 17.8 Å². The van der Waals surface area contributed by atoms with Crippen molar-refractivity contribution >= 4 is 28.3 Å². The number of aliphatic carboxylic acids is 1. The molecule has 0 radical (unpaired) electrons. The summed E-state index contributed by atoms with van der Waals surface area (Å²) in [7, 11) is 0. The Bertz CT molecular complexity index is 588. The maximum atomic E-state index is 12.4. The van der Waals surface area contributed by atoms with Gasteiger partial charge in [0.25, 0.3) is 0 Å². The molecule has 0 saturated heterocycles. The number of carbonyl (C=O) groups excluding carboxylic acids is 1. The van der Waals surface area contributed by atoms with Crippen LogP contribution in [0.4, 0.5) is 5.13 Å². The van der Waals surface area contributed by atoms with E-state index in [2.05, 4.69) is 10.3 Å². The van der Waals surface area contributed by atoms with Gasteiger partial charge in [0.2, 0.25) is 5.91 Å². The number of hydrogen-bond donors (Lipinski definition) is 2. The summed E-state index contributed by atoms with van der Waals surface area (Å²) in [5.41, 5.74) is 0.896. The van der Waals surface area contributed by atoms with Crippen LogP contribution in [0.5, 0.6) is 0 Å².